The molecule has 0 atom stereocenters. The molecule has 3 nitrogen and oxygen atoms in total. The molecule has 1 aromatic carbocycles. The molecule has 0 bridgehead atoms. The predicted molar refractivity (Wildman–Crippen MR) is 108 cm³/mol. The van der Waals surface area contributed by atoms with Crippen LogP contribution in [0.15, 0.2) is 24.3 Å². The Labute approximate surface area is 164 Å². The molecule has 0 unspecified atom stereocenters. The van der Waals surface area contributed by atoms with Crippen LogP contribution < -0.4 is 5.19 Å². The van der Waals surface area contributed by atoms with E-state index in [1.54, 1.807) is 0 Å². The first kappa shape index (κ1) is 20.1. The number of thiocarbonyl (C=S) groups is 1. The van der Waals surface area contributed by atoms with Gasteiger partial charge in [-0.1, -0.05) is 61.3 Å². The zero-order valence-electron chi connectivity index (χ0n) is 16.0. The van der Waals surface area contributed by atoms with Gasteiger partial charge >= 0.3 is 0 Å². The molecule has 0 spiro atoms. The van der Waals surface area contributed by atoms with E-state index in [9.17, 15) is 13.2 Å². The smallest absolute Gasteiger partial charge is 0.282 e. The minimum Gasteiger partial charge on any atom is -0.355 e. The fourth-order valence-corrected chi connectivity index (χ4v) is 5.47. The summed E-state index contributed by atoms with van der Waals surface area (Å²) in [7, 11) is -0.274. The maximum atomic E-state index is 14.5. The van der Waals surface area contributed by atoms with Crippen molar-refractivity contribution in [3.05, 3.63) is 47.0 Å². The van der Waals surface area contributed by atoms with Crippen LogP contribution in [0.25, 0.3) is 0 Å². The van der Waals surface area contributed by atoms with Gasteiger partial charge in [-0.2, -0.15) is 9.49 Å². The molecule has 0 amide bonds. The third kappa shape index (κ3) is 4.11. The summed E-state index contributed by atoms with van der Waals surface area (Å²) in [5.74, 6) is -0.806. The van der Waals surface area contributed by atoms with E-state index in [1.807, 2.05) is 17.0 Å². The summed E-state index contributed by atoms with van der Waals surface area (Å²) >= 11 is 5.51. The van der Waals surface area contributed by atoms with Crippen molar-refractivity contribution < 1.29 is 13.2 Å². The molecule has 0 N–H and O–H groups in total. The van der Waals surface area contributed by atoms with Gasteiger partial charge in [-0.15, -0.1) is 0 Å². The summed E-state index contributed by atoms with van der Waals surface area (Å²) in [5.41, 5.74) is 0.317. The molecule has 0 saturated heterocycles. The van der Waals surface area contributed by atoms with E-state index in [1.165, 1.54) is 12.2 Å². The highest BCUT2D eigenvalue weighted by molar-refractivity contribution is 7.80. The lowest BCUT2D eigenvalue weighted by molar-refractivity contribution is 0.145. The number of hydrogen-bond acceptors (Lipinski definition) is 2. The Balaban J connectivity index is 1.99. The largest absolute Gasteiger partial charge is 0.355 e. The molecule has 0 radical (unpaired) electrons. The number of hydrogen-bond donors (Lipinski definition) is 0. The van der Waals surface area contributed by atoms with Gasteiger partial charge in [-0.3, -0.25) is 0 Å². The van der Waals surface area contributed by atoms with Gasteiger partial charge in [0.25, 0.3) is 6.43 Å². The molecule has 0 aliphatic heterocycles. The predicted octanol–water partition coefficient (Wildman–Crippen LogP) is 4.38. The highest BCUT2D eigenvalue weighted by Gasteiger charge is 2.36. The van der Waals surface area contributed by atoms with Gasteiger partial charge in [0.1, 0.15) is 10.7 Å². The molecule has 3 rings (SSSR count). The molecule has 1 heterocycles. The van der Waals surface area contributed by atoms with Gasteiger partial charge in [0.05, 0.1) is 13.6 Å². The van der Waals surface area contributed by atoms with Crippen molar-refractivity contribution >= 4 is 30.5 Å². The van der Waals surface area contributed by atoms with Crippen LogP contribution >= 0.6 is 12.2 Å². The van der Waals surface area contributed by atoms with Crippen LogP contribution in [0.1, 0.15) is 36.1 Å². The Morgan fingerprint density at radius 1 is 1.30 bits per heavy atom. The molecular formula is C19H24F3N3SSi. The number of benzene rings is 1. The van der Waals surface area contributed by atoms with Crippen LogP contribution in [0.4, 0.5) is 13.2 Å². The van der Waals surface area contributed by atoms with E-state index in [0.29, 0.717) is 6.54 Å². The molecular weight excluding hydrogens is 387 g/mol. The first-order valence-corrected chi connectivity index (χ1v) is 12.9. The van der Waals surface area contributed by atoms with E-state index in [4.69, 9.17) is 12.2 Å². The topological polar surface area (TPSA) is 21.1 Å². The van der Waals surface area contributed by atoms with E-state index in [0.717, 1.165) is 23.1 Å². The highest BCUT2D eigenvalue weighted by atomic mass is 32.1. The van der Waals surface area contributed by atoms with E-state index >= 15 is 0 Å². The van der Waals surface area contributed by atoms with Gasteiger partial charge in [-0.05, 0) is 18.4 Å². The van der Waals surface area contributed by atoms with Crippen LogP contribution in [-0.4, -0.2) is 33.8 Å². The number of aromatic nitrogens is 2. The van der Waals surface area contributed by atoms with Crippen molar-refractivity contribution in [1.82, 2.24) is 14.7 Å². The SMILES string of the molecule is Cn1nc(C(F)F)c(C(=S)N(Cc2ccccc2[Si](C)(C)C)C2CC2)c1F. The Hall–Kier alpha value is -1.67. The first-order valence-electron chi connectivity index (χ1n) is 9.01. The van der Waals surface area contributed by atoms with Crippen LogP contribution in [0.5, 0.6) is 0 Å². The molecule has 8 heteroatoms. The molecule has 1 aliphatic carbocycles. The van der Waals surface area contributed by atoms with Gasteiger partial charge in [0.2, 0.25) is 5.95 Å². The van der Waals surface area contributed by atoms with Crippen molar-refractivity contribution in [2.45, 2.75) is 51.5 Å². The highest BCUT2D eigenvalue weighted by Crippen LogP contribution is 2.33. The number of alkyl halides is 2. The van der Waals surface area contributed by atoms with Crippen LogP contribution in [0.2, 0.25) is 19.6 Å². The second-order valence-electron chi connectivity index (χ2n) is 8.05. The van der Waals surface area contributed by atoms with Gasteiger partial charge < -0.3 is 4.90 Å². The monoisotopic (exact) mass is 411 g/mol. The van der Waals surface area contributed by atoms with Crippen molar-refractivity contribution in [1.29, 1.82) is 0 Å². The number of nitrogens with zero attached hydrogens (tertiary/aromatic N) is 3. The van der Waals surface area contributed by atoms with E-state index in [2.05, 4.69) is 36.9 Å². The average molecular weight is 412 g/mol. The Morgan fingerprint density at radius 3 is 2.48 bits per heavy atom. The molecule has 1 saturated carbocycles. The zero-order chi connectivity index (χ0) is 19.9. The van der Waals surface area contributed by atoms with Gasteiger partial charge in [-0.25, -0.2) is 13.5 Å². The van der Waals surface area contributed by atoms with Crippen molar-refractivity contribution in [2.75, 3.05) is 0 Å². The molecule has 1 aromatic heterocycles. The van der Waals surface area contributed by atoms with Gasteiger partial charge in [0.15, 0.2) is 0 Å². The third-order valence-electron chi connectivity index (χ3n) is 4.84. The quantitative estimate of drug-likeness (QED) is 0.520. The average Bonchev–Trinajstić information content (AvgIpc) is 3.38. The summed E-state index contributed by atoms with van der Waals surface area (Å²) in [4.78, 5) is 2.03. The normalized spacial score (nSPS) is 14.7. The van der Waals surface area contributed by atoms with Crippen molar-refractivity contribution in [2.24, 2.45) is 7.05 Å². The summed E-state index contributed by atoms with van der Waals surface area (Å²) in [5, 5.41) is 4.95. The molecule has 1 fully saturated rings. The Kier molecular flexibility index (Phi) is 5.49. The summed E-state index contributed by atoms with van der Waals surface area (Å²) < 4.78 is 42.2. The maximum absolute atomic E-state index is 14.5. The van der Waals surface area contributed by atoms with Crippen LogP contribution in [0.3, 0.4) is 0 Å². The van der Waals surface area contributed by atoms with E-state index < -0.39 is 26.1 Å². The second-order valence-corrected chi connectivity index (χ2v) is 13.5. The minimum absolute atomic E-state index is 0.128. The third-order valence-corrected chi connectivity index (χ3v) is 7.38. The van der Waals surface area contributed by atoms with Crippen molar-refractivity contribution in [3.8, 4) is 0 Å². The molecule has 146 valence electrons. The fraction of sp³-hybridized carbons (Fsp3) is 0.474. The lowest BCUT2D eigenvalue weighted by Gasteiger charge is -2.29. The van der Waals surface area contributed by atoms with Crippen molar-refractivity contribution in [3.63, 3.8) is 0 Å². The summed E-state index contributed by atoms with van der Waals surface area (Å²) in [6.45, 7) is 7.30. The Bertz CT molecular complexity index is 856. The Morgan fingerprint density at radius 2 is 1.93 bits per heavy atom. The lowest BCUT2D eigenvalue weighted by atomic mass is 10.1. The van der Waals surface area contributed by atoms with Gasteiger partial charge in [0, 0.05) is 19.6 Å². The summed E-state index contributed by atoms with van der Waals surface area (Å²) in [6.07, 6.45) is -1.01. The van der Waals surface area contributed by atoms with Crippen LogP contribution in [-0.2, 0) is 13.6 Å². The molecule has 27 heavy (non-hydrogen) atoms. The zero-order valence-corrected chi connectivity index (χ0v) is 17.8. The number of aryl methyl sites for hydroxylation is 1. The second kappa shape index (κ2) is 7.39. The fourth-order valence-electron chi connectivity index (χ4n) is 3.34. The molecule has 1 aliphatic rings. The minimum atomic E-state index is -2.87. The number of halogens is 3. The maximum Gasteiger partial charge on any atom is 0.282 e. The molecule has 2 aromatic rings. The lowest BCUT2D eigenvalue weighted by Crippen LogP contribution is -2.42. The summed E-state index contributed by atoms with van der Waals surface area (Å²) in [6, 6.07) is 8.34. The standard InChI is InChI=1S/C19H24F3N3SSi/c1-24-18(22)15(16(23-24)17(20)21)19(26)25(13-9-10-13)11-12-7-5-6-8-14(12)27(2,3)4/h5-8,13,17H,9-11H2,1-4H3. The van der Waals surface area contributed by atoms with E-state index in [-0.39, 0.29) is 16.6 Å². The van der Waals surface area contributed by atoms with Crippen LogP contribution in [0, 0.1) is 5.95 Å². The number of rotatable bonds is 6. The first-order chi connectivity index (χ1) is 12.6.